The maximum Gasteiger partial charge on any atom is 0.352 e. The highest BCUT2D eigenvalue weighted by molar-refractivity contribution is 7.90. The molecule has 2 aromatic heterocycles. The average molecular weight is 332 g/mol. The summed E-state index contributed by atoms with van der Waals surface area (Å²) in [6.45, 7) is 0. The van der Waals surface area contributed by atoms with Crippen molar-refractivity contribution < 1.29 is 23.1 Å². The highest BCUT2D eigenvalue weighted by Crippen LogP contribution is 2.26. The van der Waals surface area contributed by atoms with Crippen LogP contribution in [0.15, 0.2) is 47.6 Å². The lowest BCUT2D eigenvalue weighted by Gasteiger charge is -2.06. The fourth-order valence-electron chi connectivity index (χ4n) is 2.07. The Kier molecular flexibility index (Phi) is 3.53. The van der Waals surface area contributed by atoms with Gasteiger partial charge in [-0.3, -0.25) is 0 Å². The molecule has 7 nitrogen and oxygen atoms in total. The second-order valence-corrected chi connectivity index (χ2v) is 6.91. The van der Waals surface area contributed by atoms with E-state index in [9.17, 15) is 13.2 Å². The van der Waals surface area contributed by atoms with E-state index in [1.807, 2.05) is 0 Å². The molecule has 3 rings (SSSR count). The third-order valence-electron chi connectivity index (χ3n) is 3.15. The van der Waals surface area contributed by atoms with Crippen molar-refractivity contribution in [3.05, 3.63) is 48.3 Å². The van der Waals surface area contributed by atoms with Gasteiger partial charge < -0.3 is 14.8 Å². The van der Waals surface area contributed by atoms with Crippen molar-refractivity contribution in [1.29, 1.82) is 0 Å². The Balaban J connectivity index is 1.87. The first-order valence-electron chi connectivity index (χ1n) is 6.53. The molecular formula is C15H12N2O5S. The predicted molar refractivity (Wildman–Crippen MR) is 82.7 cm³/mol. The standard InChI is InChI=1S/C15H12N2O5S/c1-23(20,21)14-5-3-11(8-16-14)22-10-2-4-12-9(6-10)7-13(17-12)15(18)19/h2-8,17H,1H3,(H,18,19). The Morgan fingerprint density at radius 1 is 1.17 bits per heavy atom. The number of carboxylic acid groups (broad SMARTS) is 1. The molecule has 0 bridgehead atoms. The van der Waals surface area contributed by atoms with Crippen LogP contribution in [0.1, 0.15) is 10.5 Å². The number of benzene rings is 1. The smallest absolute Gasteiger partial charge is 0.352 e. The lowest BCUT2D eigenvalue weighted by atomic mass is 10.2. The average Bonchev–Trinajstić information content (AvgIpc) is 2.90. The summed E-state index contributed by atoms with van der Waals surface area (Å²) in [5.74, 6) is -0.169. The molecular weight excluding hydrogens is 320 g/mol. The normalized spacial score (nSPS) is 11.5. The van der Waals surface area contributed by atoms with Gasteiger partial charge in [-0.2, -0.15) is 0 Å². The minimum absolute atomic E-state index is 0.0305. The summed E-state index contributed by atoms with van der Waals surface area (Å²) in [6, 6.07) is 9.44. The summed E-state index contributed by atoms with van der Waals surface area (Å²) in [7, 11) is -3.35. The van der Waals surface area contributed by atoms with Gasteiger partial charge in [0.25, 0.3) is 0 Å². The largest absolute Gasteiger partial charge is 0.477 e. The molecule has 2 heterocycles. The third kappa shape index (κ3) is 3.16. The van der Waals surface area contributed by atoms with E-state index in [0.29, 0.717) is 22.4 Å². The SMILES string of the molecule is CS(=O)(=O)c1ccc(Oc2ccc3[nH]c(C(=O)O)cc3c2)cn1. The van der Waals surface area contributed by atoms with Gasteiger partial charge in [-0.15, -0.1) is 0 Å². The van der Waals surface area contributed by atoms with Crippen LogP contribution in [0.5, 0.6) is 11.5 Å². The second kappa shape index (κ2) is 5.40. The number of hydrogen-bond donors (Lipinski definition) is 2. The van der Waals surface area contributed by atoms with E-state index in [-0.39, 0.29) is 10.7 Å². The first-order valence-corrected chi connectivity index (χ1v) is 8.42. The monoisotopic (exact) mass is 332 g/mol. The van der Waals surface area contributed by atoms with E-state index in [1.165, 1.54) is 24.4 Å². The van der Waals surface area contributed by atoms with Crippen molar-refractivity contribution in [3.63, 3.8) is 0 Å². The summed E-state index contributed by atoms with van der Waals surface area (Å²) in [4.78, 5) is 17.6. The quantitative estimate of drug-likeness (QED) is 0.759. The number of rotatable bonds is 4. The van der Waals surface area contributed by atoms with Gasteiger partial charge >= 0.3 is 5.97 Å². The fraction of sp³-hybridized carbons (Fsp3) is 0.0667. The van der Waals surface area contributed by atoms with Gasteiger partial charge in [0, 0.05) is 17.2 Å². The first-order chi connectivity index (χ1) is 10.8. The number of aromatic nitrogens is 2. The molecule has 0 amide bonds. The van der Waals surface area contributed by atoms with E-state index >= 15 is 0 Å². The number of H-pyrrole nitrogens is 1. The summed E-state index contributed by atoms with van der Waals surface area (Å²) < 4.78 is 28.3. The number of aromatic carboxylic acids is 1. The van der Waals surface area contributed by atoms with Crippen molar-refractivity contribution in [2.45, 2.75) is 5.03 Å². The highest BCUT2D eigenvalue weighted by Gasteiger charge is 2.10. The highest BCUT2D eigenvalue weighted by atomic mass is 32.2. The van der Waals surface area contributed by atoms with E-state index in [4.69, 9.17) is 9.84 Å². The summed E-state index contributed by atoms with van der Waals surface area (Å²) in [5.41, 5.74) is 0.775. The van der Waals surface area contributed by atoms with Crippen LogP contribution in [0.3, 0.4) is 0 Å². The Hall–Kier alpha value is -2.87. The van der Waals surface area contributed by atoms with E-state index in [1.54, 1.807) is 18.2 Å². The third-order valence-corrected chi connectivity index (χ3v) is 4.15. The Labute approximate surface area is 131 Å². The maximum absolute atomic E-state index is 11.4. The van der Waals surface area contributed by atoms with Crippen LogP contribution in [-0.4, -0.2) is 35.7 Å². The van der Waals surface area contributed by atoms with Crippen molar-refractivity contribution in [2.24, 2.45) is 0 Å². The number of carbonyl (C=O) groups is 1. The molecule has 23 heavy (non-hydrogen) atoms. The topological polar surface area (TPSA) is 109 Å². The number of fused-ring (bicyclic) bond motifs is 1. The number of carboxylic acids is 1. The molecule has 2 N–H and O–H groups in total. The van der Waals surface area contributed by atoms with Gasteiger partial charge in [0.1, 0.15) is 17.2 Å². The summed E-state index contributed by atoms with van der Waals surface area (Å²) in [6.07, 6.45) is 2.40. The number of ether oxygens (including phenoxy) is 1. The number of pyridine rings is 1. The Morgan fingerprint density at radius 2 is 1.91 bits per heavy atom. The number of hydrogen-bond acceptors (Lipinski definition) is 5. The van der Waals surface area contributed by atoms with E-state index in [0.717, 1.165) is 6.26 Å². The molecule has 0 fully saturated rings. The van der Waals surface area contributed by atoms with Gasteiger partial charge in [-0.25, -0.2) is 18.2 Å². The number of aromatic amines is 1. The van der Waals surface area contributed by atoms with Crippen LogP contribution in [0.2, 0.25) is 0 Å². The molecule has 0 aliphatic rings. The van der Waals surface area contributed by atoms with Gasteiger partial charge in [0.2, 0.25) is 0 Å². The number of nitrogens with one attached hydrogen (secondary N) is 1. The van der Waals surface area contributed by atoms with Crippen LogP contribution in [0, 0.1) is 0 Å². The minimum Gasteiger partial charge on any atom is -0.477 e. The van der Waals surface area contributed by atoms with Crippen LogP contribution in [-0.2, 0) is 9.84 Å². The van der Waals surface area contributed by atoms with Crippen molar-refractivity contribution in [3.8, 4) is 11.5 Å². The second-order valence-electron chi connectivity index (χ2n) is 4.94. The molecule has 0 aliphatic carbocycles. The van der Waals surface area contributed by atoms with Gasteiger partial charge in [-0.05, 0) is 36.4 Å². The van der Waals surface area contributed by atoms with Gasteiger partial charge in [-0.1, -0.05) is 0 Å². The molecule has 0 saturated heterocycles. The lowest BCUT2D eigenvalue weighted by molar-refractivity contribution is 0.0691. The van der Waals surface area contributed by atoms with Crippen LogP contribution >= 0.6 is 0 Å². The molecule has 118 valence electrons. The fourth-order valence-corrected chi connectivity index (χ4v) is 2.63. The molecule has 0 saturated carbocycles. The minimum atomic E-state index is -3.35. The van der Waals surface area contributed by atoms with Crippen molar-refractivity contribution >= 4 is 26.7 Å². The maximum atomic E-state index is 11.4. The summed E-state index contributed by atoms with van der Waals surface area (Å²) >= 11 is 0. The van der Waals surface area contributed by atoms with E-state index < -0.39 is 15.8 Å². The van der Waals surface area contributed by atoms with Crippen molar-refractivity contribution in [2.75, 3.05) is 6.26 Å². The van der Waals surface area contributed by atoms with Crippen LogP contribution in [0.25, 0.3) is 10.9 Å². The molecule has 8 heteroatoms. The molecule has 0 aliphatic heterocycles. The van der Waals surface area contributed by atoms with Gasteiger partial charge in [0.05, 0.1) is 6.20 Å². The lowest BCUT2D eigenvalue weighted by Crippen LogP contribution is -1.99. The first kappa shape index (κ1) is 15.0. The number of nitrogens with zero attached hydrogens (tertiary/aromatic N) is 1. The number of sulfone groups is 1. The van der Waals surface area contributed by atoms with Crippen LogP contribution in [0.4, 0.5) is 0 Å². The van der Waals surface area contributed by atoms with Gasteiger partial charge in [0.15, 0.2) is 14.9 Å². The van der Waals surface area contributed by atoms with Crippen LogP contribution < -0.4 is 4.74 Å². The molecule has 3 aromatic rings. The zero-order valence-corrected chi connectivity index (χ0v) is 12.8. The Bertz CT molecular complexity index is 990. The van der Waals surface area contributed by atoms with E-state index in [2.05, 4.69) is 9.97 Å². The molecule has 0 unspecified atom stereocenters. The predicted octanol–water partition coefficient (Wildman–Crippen LogP) is 2.46. The Morgan fingerprint density at radius 3 is 2.52 bits per heavy atom. The molecule has 0 radical (unpaired) electrons. The molecule has 0 spiro atoms. The zero-order valence-electron chi connectivity index (χ0n) is 12.0. The summed E-state index contributed by atoms with van der Waals surface area (Å²) in [5, 5.41) is 9.63. The molecule has 0 atom stereocenters. The zero-order chi connectivity index (χ0) is 16.6. The molecule has 1 aromatic carbocycles. The van der Waals surface area contributed by atoms with Crippen molar-refractivity contribution in [1.82, 2.24) is 9.97 Å².